The molecule has 1 aromatic rings. The molecule has 0 saturated carbocycles. The Balaban J connectivity index is 2.67. The van der Waals surface area contributed by atoms with Crippen molar-refractivity contribution < 1.29 is 23.9 Å². The molecule has 1 heterocycles. The molecule has 0 spiro atoms. The van der Waals surface area contributed by atoms with E-state index in [4.69, 9.17) is 10.5 Å². The van der Waals surface area contributed by atoms with Crippen molar-refractivity contribution in [3.8, 4) is 0 Å². The van der Waals surface area contributed by atoms with E-state index in [0.717, 1.165) is 12.0 Å². The van der Waals surface area contributed by atoms with Crippen molar-refractivity contribution in [2.75, 3.05) is 20.0 Å². The number of rotatable bonds is 2. The molecule has 8 nitrogen and oxygen atoms in total. The van der Waals surface area contributed by atoms with Gasteiger partial charge >= 0.3 is 18.1 Å². The van der Waals surface area contributed by atoms with Crippen LogP contribution in [0, 0.1) is 0 Å². The molecule has 1 unspecified atom stereocenters. The number of carbonyl (C=O) groups is 3. The molecule has 0 aromatic heterocycles. The first kappa shape index (κ1) is 16.3. The minimum Gasteiger partial charge on any atom is -0.466 e. The fraction of sp³-hybridized carbons (Fsp3) is 0.267. The summed E-state index contributed by atoms with van der Waals surface area (Å²) in [6, 6.07) is 4.86. The summed E-state index contributed by atoms with van der Waals surface area (Å²) in [7, 11) is 2.37. The van der Waals surface area contributed by atoms with Gasteiger partial charge in [-0.15, -0.1) is 0 Å². The Kier molecular flexibility index (Phi) is 4.54. The number of benzene rings is 1. The van der Waals surface area contributed by atoms with E-state index in [0.29, 0.717) is 16.9 Å². The van der Waals surface area contributed by atoms with Gasteiger partial charge in [-0.2, -0.15) is 0 Å². The molecule has 3 N–H and O–H groups in total. The van der Waals surface area contributed by atoms with Crippen LogP contribution in [0.15, 0.2) is 35.5 Å². The minimum absolute atomic E-state index is 0.128. The van der Waals surface area contributed by atoms with Gasteiger partial charge in [0.05, 0.1) is 19.8 Å². The fourth-order valence-corrected chi connectivity index (χ4v) is 2.45. The Labute approximate surface area is 132 Å². The molecule has 122 valence electrons. The van der Waals surface area contributed by atoms with Gasteiger partial charge in [-0.25, -0.2) is 19.3 Å². The van der Waals surface area contributed by atoms with Crippen LogP contribution in [0.4, 0.5) is 15.3 Å². The maximum atomic E-state index is 12.2. The first-order valence-electron chi connectivity index (χ1n) is 6.73. The van der Waals surface area contributed by atoms with Gasteiger partial charge in [0.25, 0.3) is 0 Å². The lowest BCUT2D eigenvalue weighted by Crippen LogP contribution is -2.51. The molecule has 0 radical (unpaired) electrons. The second-order valence-electron chi connectivity index (χ2n) is 4.87. The zero-order chi connectivity index (χ0) is 17.1. The second-order valence-corrected chi connectivity index (χ2v) is 4.87. The smallest absolute Gasteiger partial charge is 0.418 e. The summed E-state index contributed by atoms with van der Waals surface area (Å²) >= 11 is 0. The van der Waals surface area contributed by atoms with Gasteiger partial charge in [0, 0.05) is 11.4 Å². The first-order valence-corrected chi connectivity index (χ1v) is 6.73. The summed E-state index contributed by atoms with van der Waals surface area (Å²) in [5, 5.41) is 2.46. The van der Waals surface area contributed by atoms with E-state index in [1.807, 2.05) is 0 Å². The molecule has 0 bridgehead atoms. The lowest BCUT2D eigenvalue weighted by atomic mass is 9.94. The molecule has 3 amide bonds. The van der Waals surface area contributed by atoms with Gasteiger partial charge in [-0.05, 0) is 24.6 Å². The number of anilines is 1. The third-order valence-corrected chi connectivity index (χ3v) is 3.45. The van der Waals surface area contributed by atoms with Crippen molar-refractivity contribution >= 4 is 23.8 Å². The molecular formula is C15H17N3O5. The van der Waals surface area contributed by atoms with Gasteiger partial charge in [0.1, 0.15) is 6.04 Å². The molecule has 8 heteroatoms. The zero-order valence-electron chi connectivity index (χ0n) is 13.0. The standard InChI is InChI=1S/C15H17N3O5/c1-8-11(13(19)22-2)12(9-5-4-6-10(16)7-9)18(14(20)17-8)15(21)23-3/h4-7,12H,16H2,1-3H3,(H,17,20). The highest BCUT2D eigenvalue weighted by Crippen LogP contribution is 2.35. The predicted octanol–water partition coefficient (Wildman–Crippen LogP) is 1.55. The van der Waals surface area contributed by atoms with Gasteiger partial charge in [0.2, 0.25) is 0 Å². The Hall–Kier alpha value is -3.03. The lowest BCUT2D eigenvalue weighted by molar-refractivity contribution is -0.136. The number of ether oxygens (including phenoxy) is 2. The van der Waals surface area contributed by atoms with E-state index in [-0.39, 0.29) is 5.57 Å². The van der Waals surface area contributed by atoms with Crippen molar-refractivity contribution in [1.29, 1.82) is 0 Å². The third-order valence-electron chi connectivity index (χ3n) is 3.45. The number of hydrogen-bond acceptors (Lipinski definition) is 6. The van der Waals surface area contributed by atoms with Crippen molar-refractivity contribution in [3.05, 3.63) is 41.1 Å². The van der Waals surface area contributed by atoms with E-state index >= 15 is 0 Å². The SMILES string of the molecule is COC(=O)C1=C(C)NC(=O)N(C(=O)OC)C1c1cccc(N)c1. The molecule has 1 aliphatic rings. The van der Waals surface area contributed by atoms with Crippen LogP contribution in [-0.2, 0) is 14.3 Å². The van der Waals surface area contributed by atoms with Crippen LogP contribution in [0.2, 0.25) is 0 Å². The number of imide groups is 1. The molecule has 1 aromatic carbocycles. The third kappa shape index (κ3) is 2.96. The Morgan fingerprint density at radius 3 is 2.52 bits per heavy atom. The molecule has 0 fully saturated rings. The monoisotopic (exact) mass is 319 g/mol. The number of amides is 3. The molecule has 1 atom stereocenters. The number of carbonyl (C=O) groups excluding carboxylic acids is 3. The highest BCUT2D eigenvalue weighted by Gasteiger charge is 2.42. The van der Waals surface area contributed by atoms with E-state index in [1.165, 1.54) is 7.11 Å². The lowest BCUT2D eigenvalue weighted by Gasteiger charge is -2.35. The number of nitrogen functional groups attached to an aromatic ring is 1. The molecule has 0 saturated heterocycles. The average molecular weight is 319 g/mol. The molecule has 23 heavy (non-hydrogen) atoms. The number of esters is 1. The van der Waals surface area contributed by atoms with Gasteiger partial charge < -0.3 is 20.5 Å². The number of hydrogen-bond donors (Lipinski definition) is 2. The summed E-state index contributed by atoms with van der Waals surface area (Å²) < 4.78 is 9.44. The van der Waals surface area contributed by atoms with Gasteiger partial charge in [0.15, 0.2) is 0 Å². The number of nitrogens with zero attached hydrogens (tertiary/aromatic N) is 1. The number of allylic oxidation sites excluding steroid dienone is 1. The summed E-state index contributed by atoms with van der Waals surface area (Å²) in [5.41, 5.74) is 7.12. The van der Waals surface area contributed by atoms with E-state index < -0.39 is 24.1 Å². The topological polar surface area (TPSA) is 111 Å². The van der Waals surface area contributed by atoms with Crippen LogP contribution in [-0.4, -0.2) is 37.2 Å². The van der Waals surface area contributed by atoms with Crippen LogP contribution >= 0.6 is 0 Å². The summed E-state index contributed by atoms with van der Waals surface area (Å²) in [6.07, 6.45) is -0.899. The summed E-state index contributed by atoms with van der Waals surface area (Å²) in [5.74, 6) is -0.663. The van der Waals surface area contributed by atoms with Crippen LogP contribution in [0.3, 0.4) is 0 Å². The van der Waals surface area contributed by atoms with Gasteiger partial charge in [-0.3, -0.25) is 0 Å². The van der Waals surface area contributed by atoms with E-state index in [9.17, 15) is 14.4 Å². The fourth-order valence-electron chi connectivity index (χ4n) is 2.45. The average Bonchev–Trinajstić information content (AvgIpc) is 2.52. The minimum atomic E-state index is -0.993. The van der Waals surface area contributed by atoms with Crippen molar-refractivity contribution in [3.63, 3.8) is 0 Å². The highest BCUT2D eigenvalue weighted by molar-refractivity contribution is 6.00. The zero-order valence-corrected chi connectivity index (χ0v) is 13.0. The highest BCUT2D eigenvalue weighted by atomic mass is 16.5. The molecule has 1 aliphatic heterocycles. The summed E-state index contributed by atoms with van der Waals surface area (Å²) in [6.45, 7) is 1.55. The van der Waals surface area contributed by atoms with Gasteiger partial charge in [-0.1, -0.05) is 12.1 Å². The van der Waals surface area contributed by atoms with Crippen LogP contribution in [0.1, 0.15) is 18.5 Å². The Morgan fingerprint density at radius 1 is 1.26 bits per heavy atom. The maximum Gasteiger partial charge on any atom is 0.418 e. The second kappa shape index (κ2) is 6.39. The Morgan fingerprint density at radius 2 is 1.96 bits per heavy atom. The summed E-state index contributed by atoms with van der Waals surface area (Å²) in [4.78, 5) is 37.3. The largest absolute Gasteiger partial charge is 0.466 e. The maximum absolute atomic E-state index is 12.2. The quantitative estimate of drug-likeness (QED) is 0.632. The van der Waals surface area contributed by atoms with Crippen LogP contribution < -0.4 is 11.1 Å². The molecular weight excluding hydrogens is 302 g/mol. The normalized spacial score (nSPS) is 17.6. The van der Waals surface area contributed by atoms with Crippen molar-refractivity contribution in [2.24, 2.45) is 0 Å². The van der Waals surface area contributed by atoms with Crippen LogP contribution in [0.5, 0.6) is 0 Å². The van der Waals surface area contributed by atoms with E-state index in [1.54, 1.807) is 31.2 Å². The number of nitrogens with one attached hydrogen (secondary N) is 1. The number of nitrogens with two attached hydrogens (primary N) is 1. The number of urea groups is 1. The van der Waals surface area contributed by atoms with E-state index in [2.05, 4.69) is 10.1 Å². The van der Waals surface area contributed by atoms with Crippen molar-refractivity contribution in [1.82, 2.24) is 10.2 Å². The predicted molar refractivity (Wildman–Crippen MR) is 81.1 cm³/mol. The molecule has 0 aliphatic carbocycles. The first-order chi connectivity index (χ1) is 10.9. The number of methoxy groups -OCH3 is 2. The molecule has 2 rings (SSSR count). The Bertz CT molecular complexity index is 698. The van der Waals surface area contributed by atoms with Crippen LogP contribution in [0.25, 0.3) is 0 Å². The van der Waals surface area contributed by atoms with Crippen molar-refractivity contribution in [2.45, 2.75) is 13.0 Å².